The summed E-state index contributed by atoms with van der Waals surface area (Å²) in [4.78, 5) is 25.4. The van der Waals surface area contributed by atoms with Crippen molar-refractivity contribution in [2.45, 2.75) is 71.7 Å². The van der Waals surface area contributed by atoms with Crippen molar-refractivity contribution in [1.29, 1.82) is 0 Å². The van der Waals surface area contributed by atoms with Crippen molar-refractivity contribution in [3.63, 3.8) is 0 Å². The number of nitrogens with zero attached hydrogens (tertiary/aromatic N) is 1. The van der Waals surface area contributed by atoms with Crippen LogP contribution in [0, 0.1) is 0 Å². The maximum Gasteiger partial charge on any atom is 0.417 e. The summed E-state index contributed by atoms with van der Waals surface area (Å²) < 4.78 is 10.9. The third kappa shape index (κ3) is 5.19. The molecule has 0 aromatic rings. The molecule has 0 saturated carbocycles. The third-order valence-corrected chi connectivity index (χ3v) is 2.50. The maximum atomic E-state index is 12.2. The van der Waals surface area contributed by atoms with Crippen LogP contribution >= 0.6 is 0 Å². The second-order valence-electron chi connectivity index (χ2n) is 6.83. The lowest BCUT2D eigenvalue weighted by molar-refractivity contribution is -0.157. The van der Waals surface area contributed by atoms with Crippen LogP contribution in [0.15, 0.2) is 0 Å². The minimum absolute atomic E-state index is 0.296. The number of hydrogen-bond donors (Lipinski definition) is 0. The number of likely N-dealkylation sites (tertiary alicyclic amines) is 1. The third-order valence-electron chi connectivity index (χ3n) is 2.50. The molecule has 1 rings (SSSR count). The smallest absolute Gasteiger partial charge is 0.417 e. The topological polar surface area (TPSA) is 55.8 Å². The van der Waals surface area contributed by atoms with Crippen LogP contribution in [0.2, 0.25) is 0 Å². The zero-order valence-corrected chi connectivity index (χ0v) is 12.8. The standard InChI is InChI=1S/C14H25NO4/c1-13(2,3)18-10-8-7-9-15(11(10)16)12(17)19-14(4,5)6/h10H,7-9H2,1-6H3. The van der Waals surface area contributed by atoms with E-state index < -0.39 is 23.4 Å². The van der Waals surface area contributed by atoms with Gasteiger partial charge in [-0.15, -0.1) is 0 Å². The first kappa shape index (κ1) is 16.0. The molecule has 0 aliphatic carbocycles. The van der Waals surface area contributed by atoms with Gasteiger partial charge >= 0.3 is 6.09 Å². The normalized spacial score (nSPS) is 21.5. The Kier molecular flexibility index (Phi) is 4.61. The molecule has 1 aliphatic rings. The fraction of sp³-hybridized carbons (Fsp3) is 0.857. The van der Waals surface area contributed by atoms with Crippen LogP contribution in [-0.2, 0) is 14.3 Å². The zero-order valence-electron chi connectivity index (χ0n) is 12.8. The molecule has 1 unspecified atom stereocenters. The summed E-state index contributed by atoms with van der Waals surface area (Å²) in [5, 5.41) is 0. The van der Waals surface area contributed by atoms with Crippen molar-refractivity contribution in [3.05, 3.63) is 0 Å². The molecule has 2 amide bonds. The molecular weight excluding hydrogens is 246 g/mol. The van der Waals surface area contributed by atoms with Gasteiger partial charge in [0.05, 0.1) is 5.60 Å². The Bertz CT molecular complexity index is 351. The van der Waals surface area contributed by atoms with E-state index in [1.807, 2.05) is 20.8 Å². The van der Waals surface area contributed by atoms with E-state index in [4.69, 9.17) is 9.47 Å². The Hall–Kier alpha value is -1.10. The van der Waals surface area contributed by atoms with E-state index in [-0.39, 0.29) is 5.91 Å². The summed E-state index contributed by atoms with van der Waals surface area (Å²) in [7, 11) is 0. The lowest BCUT2D eigenvalue weighted by Gasteiger charge is -2.35. The van der Waals surface area contributed by atoms with E-state index in [2.05, 4.69) is 0 Å². The van der Waals surface area contributed by atoms with Crippen LogP contribution in [0.3, 0.4) is 0 Å². The van der Waals surface area contributed by atoms with E-state index >= 15 is 0 Å². The summed E-state index contributed by atoms with van der Waals surface area (Å²) in [5.74, 6) is -0.296. The van der Waals surface area contributed by atoms with Crippen LogP contribution in [0.25, 0.3) is 0 Å². The fourth-order valence-electron chi connectivity index (χ4n) is 1.88. The Balaban J connectivity index is 2.70. The minimum atomic E-state index is -0.602. The molecule has 1 heterocycles. The summed E-state index contributed by atoms with van der Waals surface area (Å²) in [6.45, 7) is 11.4. The molecule has 1 fully saturated rings. The lowest BCUT2D eigenvalue weighted by atomic mass is 10.1. The quantitative estimate of drug-likeness (QED) is 0.736. The molecule has 5 heteroatoms. The molecule has 19 heavy (non-hydrogen) atoms. The molecule has 0 aromatic carbocycles. The van der Waals surface area contributed by atoms with E-state index in [0.29, 0.717) is 13.0 Å². The van der Waals surface area contributed by atoms with Crippen molar-refractivity contribution in [1.82, 2.24) is 4.90 Å². The molecular formula is C14H25NO4. The van der Waals surface area contributed by atoms with Crippen molar-refractivity contribution in [2.24, 2.45) is 0 Å². The highest BCUT2D eigenvalue weighted by Gasteiger charge is 2.37. The van der Waals surface area contributed by atoms with Crippen LogP contribution in [0.1, 0.15) is 54.4 Å². The van der Waals surface area contributed by atoms with Gasteiger partial charge in [0.25, 0.3) is 5.91 Å². The van der Waals surface area contributed by atoms with E-state index in [0.717, 1.165) is 11.3 Å². The van der Waals surface area contributed by atoms with Crippen molar-refractivity contribution < 1.29 is 19.1 Å². The van der Waals surface area contributed by atoms with Crippen molar-refractivity contribution in [3.8, 4) is 0 Å². The van der Waals surface area contributed by atoms with Crippen LogP contribution < -0.4 is 0 Å². The Morgan fingerprint density at radius 3 is 2.21 bits per heavy atom. The predicted octanol–water partition coefficient (Wildman–Crippen LogP) is 2.73. The number of hydrogen-bond acceptors (Lipinski definition) is 4. The molecule has 110 valence electrons. The van der Waals surface area contributed by atoms with E-state index in [9.17, 15) is 9.59 Å². The van der Waals surface area contributed by atoms with Crippen LogP contribution in [0.4, 0.5) is 4.79 Å². The number of imide groups is 1. The number of carbonyl (C=O) groups excluding carboxylic acids is 2. The zero-order chi connectivity index (χ0) is 14.8. The van der Waals surface area contributed by atoms with Crippen LogP contribution in [-0.4, -0.2) is 40.8 Å². The number of amides is 2. The van der Waals surface area contributed by atoms with Crippen LogP contribution in [0.5, 0.6) is 0 Å². The van der Waals surface area contributed by atoms with Crippen molar-refractivity contribution >= 4 is 12.0 Å². The maximum absolute atomic E-state index is 12.2. The van der Waals surface area contributed by atoms with E-state index in [1.54, 1.807) is 20.8 Å². The summed E-state index contributed by atoms with van der Waals surface area (Å²) in [6.07, 6.45) is 0.252. The summed E-state index contributed by atoms with van der Waals surface area (Å²) in [5.41, 5.74) is -1.01. The van der Waals surface area contributed by atoms with Gasteiger partial charge in [-0.2, -0.15) is 0 Å². The lowest BCUT2D eigenvalue weighted by Crippen LogP contribution is -2.51. The fourth-order valence-corrected chi connectivity index (χ4v) is 1.88. The molecule has 0 spiro atoms. The second kappa shape index (κ2) is 5.49. The number of carbonyl (C=O) groups is 2. The molecule has 0 bridgehead atoms. The highest BCUT2D eigenvalue weighted by molar-refractivity contribution is 5.95. The average Bonchev–Trinajstić information content (AvgIpc) is 2.16. The molecule has 0 aromatic heterocycles. The van der Waals surface area contributed by atoms with Gasteiger partial charge in [-0.05, 0) is 54.4 Å². The first-order valence-electron chi connectivity index (χ1n) is 6.72. The Morgan fingerprint density at radius 1 is 1.16 bits per heavy atom. The number of rotatable bonds is 1. The molecule has 1 aliphatic heterocycles. The summed E-state index contributed by atoms with van der Waals surface area (Å²) >= 11 is 0. The molecule has 1 atom stereocenters. The first-order chi connectivity index (χ1) is 8.49. The van der Waals surface area contributed by atoms with Gasteiger partial charge in [0.2, 0.25) is 0 Å². The molecule has 0 radical (unpaired) electrons. The van der Waals surface area contributed by atoms with Gasteiger partial charge < -0.3 is 9.47 Å². The predicted molar refractivity (Wildman–Crippen MR) is 71.8 cm³/mol. The van der Waals surface area contributed by atoms with Crippen molar-refractivity contribution in [2.75, 3.05) is 6.54 Å². The second-order valence-corrected chi connectivity index (χ2v) is 6.83. The Labute approximate surface area is 115 Å². The monoisotopic (exact) mass is 271 g/mol. The minimum Gasteiger partial charge on any atom is -0.443 e. The largest absolute Gasteiger partial charge is 0.443 e. The number of ether oxygens (including phenoxy) is 2. The molecule has 0 N–H and O–H groups in total. The SMILES string of the molecule is CC(C)(C)OC(=O)N1CCCC(OC(C)(C)C)C1=O. The van der Waals surface area contributed by atoms with Gasteiger partial charge in [-0.3, -0.25) is 4.79 Å². The summed E-state index contributed by atoms with van der Waals surface area (Å²) in [6, 6.07) is 0. The average molecular weight is 271 g/mol. The van der Waals surface area contributed by atoms with Gasteiger partial charge in [0, 0.05) is 6.54 Å². The molecule has 5 nitrogen and oxygen atoms in total. The highest BCUT2D eigenvalue weighted by atomic mass is 16.6. The highest BCUT2D eigenvalue weighted by Crippen LogP contribution is 2.22. The van der Waals surface area contributed by atoms with Gasteiger partial charge in [-0.1, -0.05) is 0 Å². The van der Waals surface area contributed by atoms with Gasteiger partial charge in [0.15, 0.2) is 0 Å². The Morgan fingerprint density at radius 2 is 1.74 bits per heavy atom. The van der Waals surface area contributed by atoms with Gasteiger partial charge in [0.1, 0.15) is 11.7 Å². The first-order valence-corrected chi connectivity index (χ1v) is 6.72. The van der Waals surface area contributed by atoms with Gasteiger partial charge in [-0.25, -0.2) is 9.69 Å². The molecule has 1 saturated heterocycles. The van der Waals surface area contributed by atoms with E-state index in [1.165, 1.54) is 0 Å². The number of piperidine rings is 1.